The summed E-state index contributed by atoms with van der Waals surface area (Å²) in [4.78, 5) is 9.29. The van der Waals surface area contributed by atoms with Gasteiger partial charge in [-0.2, -0.15) is 0 Å². The highest BCUT2D eigenvalue weighted by Crippen LogP contribution is 2.26. The lowest BCUT2D eigenvalue weighted by molar-refractivity contribution is 0.457. The molecular weight excluding hydrogens is 198 g/mol. The van der Waals surface area contributed by atoms with E-state index < -0.39 is 0 Å². The molecule has 1 aromatic heterocycles. The largest absolute Gasteiger partial charge is 0.330 e. The first kappa shape index (κ1) is 11.5. The van der Waals surface area contributed by atoms with Gasteiger partial charge in [-0.1, -0.05) is 13.8 Å². The highest BCUT2D eigenvalue weighted by molar-refractivity contribution is 5.28. The number of aromatic nitrogens is 2. The van der Waals surface area contributed by atoms with Crippen molar-refractivity contribution in [2.45, 2.75) is 46.0 Å². The second kappa shape index (κ2) is 4.50. The second-order valence-corrected chi connectivity index (χ2v) is 5.09. The topological polar surface area (TPSA) is 51.8 Å². The molecule has 0 radical (unpaired) electrons. The van der Waals surface area contributed by atoms with Crippen LogP contribution in [0.25, 0.3) is 0 Å². The van der Waals surface area contributed by atoms with Gasteiger partial charge in [0.05, 0.1) is 0 Å². The molecule has 1 atom stereocenters. The van der Waals surface area contributed by atoms with E-state index in [1.807, 2.05) is 0 Å². The molecule has 1 aliphatic rings. The summed E-state index contributed by atoms with van der Waals surface area (Å²) in [6.45, 7) is 7.18. The van der Waals surface area contributed by atoms with Gasteiger partial charge in [0.25, 0.3) is 0 Å². The van der Waals surface area contributed by atoms with E-state index in [0.717, 1.165) is 30.9 Å². The lowest BCUT2D eigenvalue weighted by Gasteiger charge is -2.24. The smallest absolute Gasteiger partial charge is 0.131 e. The van der Waals surface area contributed by atoms with Crippen LogP contribution in [0.1, 0.15) is 49.0 Å². The number of hydrogen-bond donors (Lipinski definition) is 1. The van der Waals surface area contributed by atoms with Crippen LogP contribution in [-0.2, 0) is 12.8 Å². The first-order valence-corrected chi connectivity index (χ1v) is 6.18. The van der Waals surface area contributed by atoms with Crippen LogP contribution in [0.2, 0.25) is 0 Å². The molecule has 1 aromatic rings. The van der Waals surface area contributed by atoms with Crippen molar-refractivity contribution in [2.24, 2.45) is 11.7 Å². The van der Waals surface area contributed by atoms with Crippen molar-refractivity contribution in [1.82, 2.24) is 9.97 Å². The van der Waals surface area contributed by atoms with Gasteiger partial charge >= 0.3 is 0 Å². The van der Waals surface area contributed by atoms with Gasteiger partial charge in [0.2, 0.25) is 0 Å². The number of rotatable bonds is 2. The summed E-state index contributed by atoms with van der Waals surface area (Å²) in [5.41, 5.74) is 9.52. The van der Waals surface area contributed by atoms with E-state index in [2.05, 4.69) is 25.8 Å². The van der Waals surface area contributed by atoms with Gasteiger partial charge in [-0.3, -0.25) is 0 Å². The van der Waals surface area contributed by atoms with E-state index in [9.17, 15) is 0 Å². The van der Waals surface area contributed by atoms with E-state index >= 15 is 0 Å². The third-order valence-corrected chi connectivity index (χ3v) is 3.45. The van der Waals surface area contributed by atoms with E-state index in [0.29, 0.717) is 11.8 Å². The minimum absolute atomic E-state index is 0.413. The fourth-order valence-electron chi connectivity index (χ4n) is 2.34. The molecule has 1 heterocycles. The molecule has 3 heteroatoms. The first-order valence-electron chi connectivity index (χ1n) is 6.18. The number of nitrogens with zero attached hydrogens (tertiary/aromatic N) is 2. The predicted molar refractivity (Wildman–Crippen MR) is 65.4 cm³/mol. The maximum Gasteiger partial charge on any atom is 0.131 e. The minimum Gasteiger partial charge on any atom is -0.330 e. The molecule has 0 bridgehead atoms. The third kappa shape index (κ3) is 2.09. The Labute approximate surface area is 97.5 Å². The van der Waals surface area contributed by atoms with Crippen LogP contribution in [0.4, 0.5) is 0 Å². The fourth-order valence-corrected chi connectivity index (χ4v) is 2.34. The molecule has 0 aromatic carbocycles. The quantitative estimate of drug-likeness (QED) is 0.827. The molecule has 0 saturated carbocycles. The van der Waals surface area contributed by atoms with Crippen molar-refractivity contribution in [1.29, 1.82) is 0 Å². The molecule has 0 aliphatic heterocycles. The van der Waals surface area contributed by atoms with Crippen molar-refractivity contribution in [2.75, 3.05) is 6.54 Å². The summed E-state index contributed by atoms with van der Waals surface area (Å²) in [7, 11) is 0. The van der Waals surface area contributed by atoms with Crippen molar-refractivity contribution in [3.8, 4) is 0 Å². The maximum absolute atomic E-state index is 5.75. The van der Waals surface area contributed by atoms with Crippen LogP contribution in [0.3, 0.4) is 0 Å². The summed E-state index contributed by atoms with van der Waals surface area (Å²) >= 11 is 0. The summed E-state index contributed by atoms with van der Waals surface area (Å²) in [5, 5.41) is 0. The van der Waals surface area contributed by atoms with Gasteiger partial charge in [-0.25, -0.2) is 9.97 Å². The molecule has 1 unspecified atom stereocenters. The lowest BCUT2D eigenvalue weighted by atomic mass is 9.86. The minimum atomic E-state index is 0.413. The predicted octanol–water partition coefficient (Wildman–Crippen LogP) is 1.97. The van der Waals surface area contributed by atoms with Crippen LogP contribution in [0.5, 0.6) is 0 Å². The van der Waals surface area contributed by atoms with Crippen LogP contribution in [0.15, 0.2) is 0 Å². The Bertz CT molecular complexity index is 385. The Morgan fingerprint density at radius 2 is 2.12 bits per heavy atom. The standard InChI is InChI=1S/C13H21N3/c1-8(2)13-15-9(3)11-6-10(7-14)4-5-12(11)16-13/h8,10H,4-7,14H2,1-3H3. The van der Waals surface area contributed by atoms with Crippen molar-refractivity contribution in [3.63, 3.8) is 0 Å². The highest BCUT2D eigenvalue weighted by atomic mass is 14.9. The monoisotopic (exact) mass is 219 g/mol. The normalized spacial score (nSPS) is 19.9. The van der Waals surface area contributed by atoms with Gasteiger partial charge in [0.1, 0.15) is 5.82 Å². The van der Waals surface area contributed by atoms with Crippen LogP contribution in [0, 0.1) is 12.8 Å². The number of hydrogen-bond acceptors (Lipinski definition) is 3. The lowest BCUT2D eigenvalue weighted by Crippen LogP contribution is -2.24. The van der Waals surface area contributed by atoms with E-state index in [4.69, 9.17) is 10.7 Å². The Balaban J connectivity index is 2.36. The van der Waals surface area contributed by atoms with Gasteiger partial charge in [0, 0.05) is 17.3 Å². The van der Waals surface area contributed by atoms with E-state index in [1.54, 1.807) is 0 Å². The average molecular weight is 219 g/mol. The SMILES string of the molecule is Cc1nc(C(C)C)nc2c1CC(CN)CC2. The molecule has 3 nitrogen and oxygen atoms in total. The molecule has 0 fully saturated rings. The van der Waals surface area contributed by atoms with Gasteiger partial charge < -0.3 is 5.73 Å². The Morgan fingerprint density at radius 1 is 1.38 bits per heavy atom. The zero-order chi connectivity index (χ0) is 11.7. The van der Waals surface area contributed by atoms with Crippen molar-refractivity contribution < 1.29 is 0 Å². The molecule has 2 rings (SSSR count). The third-order valence-electron chi connectivity index (χ3n) is 3.45. The van der Waals surface area contributed by atoms with Crippen molar-refractivity contribution in [3.05, 3.63) is 22.8 Å². The molecule has 0 amide bonds. The van der Waals surface area contributed by atoms with Crippen LogP contribution < -0.4 is 5.73 Å². The fraction of sp³-hybridized carbons (Fsp3) is 0.692. The number of nitrogens with two attached hydrogens (primary N) is 1. The van der Waals surface area contributed by atoms with Crippen LogP contribution >= 0.6 is 0 Å². The average Bonchev–Trinajstić information content (AvgIpc) is 2.28. The Hall–Kier alpha value is -0.960. The van der Waals surface area contributed by atoms with Crippen LogP contribution in [-0.4, -0.2) is 16.5 Å². The summed E-state index contributed by atoms with van der Waals surface area (Å²) < 4.78 is 0. The second-order valence-electron chi connectivity index (χ2n) is 5.09. The van der Waals surface area contributed by atoms with E-state index in [-0.39, 0.29) is 0 Å². The Kier molecular flexibility index (Phi) is 3.24. The maximum atomic E-state index is 5.75. The first-order chi connectivity index (χ1) is 7.61. The van der Waals surface area contributed by atoms with Gasteiger partial charge in [-0.15, -0.1) is 0 Å². The zero-order valence-corrected chi connectivity index (χ0v) is 10.5. The Morgan fingerprint density at radius 3 is 2.75 bits per heavy atom. The van der Waals surface area contributed by atoms with Gasteiger partial charge in [0.15, 0.2) is 0 Å². The zero-order valence-electron chi connectivity index (χ0n) is 10.5. The molecule has 0 spiro atoms. The summed E-state index contributed by atoms with van der Waals surface area (Å²) in [5.74, 6) is 2.03. The molecule has 2 N–H and O–H groups in total. The molecule has 88 valence electrons. The number of aryl methyl sites for hydroxylation is 2. The molecule has 0 saturated heterocycles. The molecule has 16 heavy (non-hydrogen) atoms. The molecule has 1 aliphatic carbocycles. The number of fused-ring (bicyclic) bond motifs is 1. The molecular formula is C13H21N3. The van der Waals surface area contributed by atoms with E-state index in [1.165, 1.54) is 17.7 Å². The van der Waals surface area contributed by atoms with Gasteiger partial charge in [-0.05, 0) is 44.2 Å². The summed E-state index contributed by atoms with van der Waals surface area (Å²) in [6.07, 6.45) is 3.31. The highest BCUT2D eigenvalue weighted by Gasteiger charge is 2.22. The van der Waals surface area contributed by atoms with Crippen molar-refractivity contribution >= 4 is 0 Å². The summed E-state index contributed by atoms with van der Waals surface area (Å²) in [6, 6.07) is 0.